The molecule has 4 aromatic rings. The largest absolute Gasteiger partial charge is 0.396 e. The van der Waals surface area contributed by atoms with E-state index in [9.17, 15) is 19.8 Å². The highest BCUT2D eigenvalue weighted by atomic mass is 32.1. The zero-order chi connectivity index (χ0) is 35.8. The quantitative estimate of drug-likeness (QED) is 0.146. The Bertz CT molecular complexity index is 1760. The van der Waals surface area contributed by atoms with E-state index < -0.39 is 0 Å². The van der Waals surface area contributed by atoms with Gasteiger partial charge in [0.1, 0.15) is 0 Å². The third kappa shape index (κ3) is 8.01. The molecule has 266 valence electrons. The van der Waals surface area contributed by atoms with E-state index in [2.05, 4.69) is 48.1 Å². The molecule has 12 heteroatoms. The van der Waals surface area contributed by atoms with Crippen LogP contribution in [0.25, 0.3) is 11.1 Å². The van der Waals surface area contributed by atoms with Crippen LogP contribution in [0.4, 0.5) is 11.4 Å². The Kier molecular flexibility index (Phi) is 10.6. The van der Waals surface area contributed by atoms with Crippen LogP contribution in [-0.4, -0.2) is 81.2 Å². The number of benzene rings is 2. The average Bonchev–Trinajstić information content (AvgIpc) is 3.71. The second-order valence-electron chi connectivity index (χ2n) is 15.2. The molecule has 2 aromatic heterocycles. The summed E-state index contributed by atoms with van der Waals surface area (Å²) in [6.45, 7) is 17.2. The van der Waals surface area contributed by atoms with E-state index in [1.807, 2.05) is 50.2 Å². The van der Waals surface area contributed by atoms with Crippen molar-refractivity contribution >= 4 is 45.9 Å². The molecule has 10 nitrogen and oxygen atoms in total. The lowest BCUT2D eigenvalue weighted by Gasteiger charge is -2.33. The zero-order valence-corrected chi connectivity index (χ0v) is 31.5. The number of hydrogen-bond acceptors (Lipinski definition) is 10. The second kappa shape index (κ2) is 14.6. The van der Waals surface area contributed by atoms with Crippen LogP contribution >= 0.6 is 22.7 Å². The van der Waals surface area contributed by atoms with Gasteiger partial charge in [-0.25, -0.2) is 9.97 Å². The normalized spacial score (nSPS) is 15.4. The number of aliphatic hydroxyl groups is 2. The first-order valence-corrected chi connectivity index (χ1v) is 18.8. The molecule has 0 atom stereocenters. The number of rotatable bonds is 11. The predicted molar refractivity (Wildman–Crippen MR) is 201 cm³/mol. The Hall–Kier alpha value is -3.52. The Labute approximate surface area is 302 Å². The molecule has 2 aliphatic rings. The molecule has 0 spiro atoms. The van der Waals surface area contributed by atoms with Crippen molar-refractivity contribution in [3.05, 3.63) is 78.7 Å². The van der Waals surface area contributed by atoms with Gasteiger partial charge < -0.3 is 20.8 Å². The molecule has 2 aliphatic heterocycles. The number of carbonyl (C=O) groups is 2. The van der Waals surface area contributed by atoms with Gasteiger partial charge in [0.15, 0.2) is 10.0 Å². The summed E-state index contributed by atoms with van der Waals surface area (Å²) in [5.41, 5.74) is 6.81. The fourth-order valence-corrected chi connectivity index (χ4v) is 8.84. The molecule has 2 amide bonds. The van der Waals surface area contributed by atoms with E-state index in [1.54, 1.807) is 0 Å². The molecule has 4 N–H and O–H groups in total. The molecule has 0 bridgehead atoms. The van der Waals surface area contributed by atoms with Crippen LogP contribution in [0.1, 0.15) is 79.6 Å². The molecule has 50 heavy (non-hydrogen) atoms. The van der Waals surface area contributed by atoms with Gasteiger partial charge >= 0.3 is 0 Å². The van der Waals surface area contributed by atoms with E-state index in [0.717, 1.165) is 95.5 Å². The van der Waals surface area contributed by atoms with Crippen molar-refractivity contribution in [1.29, 1.82) is 0 Å². The van der Waals surface area contributed by atoms with Crippen molar-refractivity contribution in [1.82, 2.24) is 19.8 Å². The molecule has 0 aliphatic carbocycles. The highest BCUT2D eigenvalue weighted by molar-refractivity contribution is 7.14. The molecular weight excluding hydrogens is 669 g/mol. The lowest BCUT2D eigenvalue weighted by Crippen LogP contribution is -2.39. The molecule has 0 fully saturated rings. The molecular formula is C38H48N6O4S2. The van der Waals surface area contributed by atoms with Gasteiger partial charge in [-0.2, -0.15) is 0 Å². The summed E-state index contributed by atoms with van der Waals surface area (Å²) in [4.78, 5) is 43.2. The summed E-state index contributed by atoms with van der Waals surface area (Å²) in [5, 5.41) is 26.5. The van der Waals surface area contributed by atoms with Crippen molar-refractivity contribution in [2.24, 2.45) is 10.8 Å². The lowest BCUT2D eigenvalue weighted by molar-refractivity contribution is 0.0965. The standard InChI is InChI=1S/C38H48N6O4S2/c1-23-25(9-7-11-27(23)39-33(47)35-41-29-13-15-43(17-31(29)49-35)19-37(3,4)21-45)26-10-8-12-28(24(26)2)40-34(48)36-42-30-14-16-44(18-32(30)50-36)20-38(5,6)22-46/h7-12,45-46H,13-22H2,1-6H3,(H,39,47)(H,40,48). The third-order valence-corrected chi connectivity index (χ3v) is 11.8. The van der Waals surface area contributed by atoms with Gasteiger partial charge in [-0.1, -0.05) is 52.0 Å². The monoisotopic (exact) mass is 716 g/mol. The average molecular weight is 717 g/mol. The number of anilines is 2. The first kappa shape index (κ1) is 36.3. The summed E-state index contributed by atoms with van der Waals surface area (Å²) < 4.78 is 0. The molecule has 4 heterocycles. The second-order valence-corrected chi connectivity index (χ2v) is 17.4. The van der Waals surface area contributed by atoms with Gasteiger partial charge in [-0.05, 0) is 48.2 Å². The fourth-order valence-electron chi connectivity index (χ4n) is 6.75. The zero-order valence-electron chi connectivity index (χ0n) is 29.9. The number of amides is 2. The topological polar surface area (TPSA) is 131 Å². The van der Waals surface area contributed by atoms with E-state index in [1.165, 1.54) is 22.7 Å². The smallest absolute Gasteiger partial charge is 0.284 e. The van der Waals surface area contributed by atoms with Gasteiger partial charge in [0, 0.05) is 97.3 Å². The van der Waals surface area contributed by atoms with Crippen LogP contribution in [0.5, 0.6) is 0 Å². The highest BCUT2D eigenvalue weighted by Gasteiger charge is 2.29. The maximum Gasteiger partial charge on any atom is 0.284 e. The van der Waals surface area contributed by atoms with Crippen molar-refractivity contribution in [3.8, 4) is 11.1 Å². The minimum absolute atomic E-state index is 0.128. The van der Waals surface area contributed by atoms with E-state index in [-0.39, 0.29) is 35.9 Å². The van der Waals surface area contributed by atoms with Crippen LogP contribution < -0.4 is 10.6 Å². The molecule has 0 radical (unpaired) electrons. The van der Waals surface area contributed by atoms with Gasteiger partial charge in [-0.15, -0.1) is 22.7 Å². The number of hydrogen-bond donors (Lipinski definition) is 4. The molecule has 2 aromatic carbocycles. The van der Waals surface area contributed by atoms with E-state index in [4.69, 9.17) is 9.97 Å². The van der Waals surface area contributed by atoms with Crippen molar-refractivity contribution in [2.75, 3.05) is 50.0 Å². The van der Waals surface area contributed by atoms with Crippen LogP contribution in [0.15, 0.2) is 36.4 Å². The minimum Gasteiger partial charge on any atom is -0.396 e. The molecule has 6 rings (SSSR count). The number of fused-ring (bicyclic) bond motifs is 2. The van der Waals surface area contributed by atoms with Gasteiger partial charge in [0.2, 0.25) is 0 Å². The van der Waals surface area contributed by atoms with E-state index in [0.29, 0.717) is 21.4 Å². The maximum absolute atomic E-state index is 13.5. The summed E-state index contributed by atoms with van der Waals surface area (Å²) in [5.74, 6) is -0.452. The molecule has 0 saturated carbocycles. The van der Waals surface area contributed by atoms with Gasteiger partial charge in [-0.3, -0.25) is 19.4 Å². The lowest BCUT2D eigenvalue weighted by atomic mass is 9.93. The summed E-state index contributed by atoms with van der Waals surface area (Å²) in [6.07, 6.45) is 1.57. The Balaban J connectivity index is 1.14. The number of thiazole rings is 2. The summed E-state index contributed by atoms with van der Waals surface area (Å²) >= 11 is 2.89. The number of nitrogens with zero attached hydrogens (tertiary/aromatic N) is 4. The van der Waals surface area contributed by atoms with Crippen LogP contribution in [-0.2, 0) is 25.9 Å². The Morgan fingerprint density at radius 1 is 0.720 bits per heavy atom. The van der Waals surface area contributed by atoms with Gasteiger partial charge in [0.25, 0.3) is 11.8 Å². The van der Waals surface area contributed by atoms with Crippen molar-refractivity contribution < 1.29 is 19.8 Å². The van der Waals surface area contributed by atoms with Crippen molar-refractivity contribution in [2.45, 2.75) is 67.5 Å². The molecule has 0 unspecified atom stereocenters. The van der Waals surface area contributed by atoms with Crippen LogP contribution in [0.2, 0.25) is 0 Å². The number of nitrogens with one attached hydrogen (secondary N) is 2. The number of carbonyl (C=O) groups excluding carboxylic acids is 2. The predicted octanol–water partition coefficient (Wildman–Crippen LogP) is 6.14. The Morgan fingerprint density at radius 3 is 1.50 bits per heavy atom. The van der Waals surface area contributed by atoms with Gasteiger partial charge in [0.05, 0.1) is 11.4 Å². The molecule has 0 saturated heterocycles. The third-order valence-electron chi connectivity index (χ3n) is 9.62. The number of aliphatic hydroxyl groups excluding tert-OH is 2. The Morgan fingerprint density at radius 2 is 1.12 bits per heavy atom. The van der Waals surface area contributed by atoms with Crippen LogP contribution in [0, 0.1) is 24.7 Å². The SMILES string of the molecule is Cc1c(NC(=O)c2nc3c(s2)CN(CC(C)(C)CO)CC3)cccc1-c1cccc(NC(=O)c2nc3c(s2)CN(CC(C)(C)CO)CC3)c1C. The van der Waals surface area contributed by atoms with Crippen molar-refractivity contribution in [3.63, 3.8) is 0 Å². The fraction of sp³-hybridized carbons (Fsp3) is 0.474. The highest BCUT2D eigenvalue weighted by Crippen LogP contribution is 2.35. The number of aromatic nitrogens is 2. The van der Waals surface area contributed by atoms with Crippen LogP contribution in [0.3, 0.4) is 0 Å². The maximum atomic E-state index is 13.5. The van der Waals surface area contributed by atoms with E-state index >= 15 is 0 Å². The first-order valence-electron chi connectivity index (χ1n) is 17.2. The first-order chi connectivity index (χ1) is 23.8. The minimum atomic E-state index is -0.226. The summed E-state index contributed by atoms with van der Waals surface area (Å²) in [7, 11) is 0. The summed E-state index contributed by atoms with van der Waals surface area (Å²) in [6, 6.07) is 11.7.